The molecule has 8 heteroatoms. The molecule has 0 bridgehead atoms. The van der Waals surface area contributed by atoms with E-state index in [9.17, 15) is 14.4 Å². The number of carbonyl (C=O) groups excluding carboxylic acids is 3. The Morgan fingerprint density at radius 2 is 1.96 bits per heavy atom. The zero-order valence-electron chi connectivity index (χ0n) is 14.1. The van der Waals surface area contributed by atoms with Gasteiger partial charge in [-0.25, -0.2) is 0 Å². The molecule has 1 atom stereocenters. The number of ether oxygens (including phenoxy) is 3. The highest BCUT2D eigenvalue weighted by atomic mass is 32.2. The van der Waals surface area contributed by atoms with Crippen LogP contribution in [0.2, 0.25) is 0 Å². The first-order valence-corrected chi connectivity index (χ1v) is 9.13. The summed E-state index contributed by atoms with van der Waals surface area (Å²) in [5, 5.41) is 2.18. The maximum absolute atomic E-state index is 12.2. The van der Waals surface area contributed by atoms with E-state index < -0.39 is 17.8 Å². The largest absolute Gasteiger partial charge is 0.457 e. The summed E-state index contributed by atoms with van der Waals surface area (Å²) in [5.41, 5.74) is 1.10. The number of rotatable bonds is 5. The number of para-hydroxylation sites is 1. The van der Waals surface area contributed by atoms with Crippen LogP contribution in [0.25, 0.3) is 0 Å². The molecule has 2 aliphatic rings. The maximum atomic E-state index is 12.2. The number of esters is 1. The van der Waals surface area contributed by atoms with Gasteiger partial charge in [0.05, 0.1) is 17.4 Å². The molecule has 1 amide bonds. The molecule has 2 aromatic carbocycles. The molecule has 138 valence electrons. The third-order valence-electron chi connectivity index (χ3n) is 4.12. The molecule has 0 saturated carbocycles. The fraction of sp³-hybridized carbons (Fsp3) is 0.211. The van der Waals surface area contributed by atoms with Gasteiger partial charge in [0.15, 0.2) is 23.9 Å². The molecule has 0 aliphatic carbocycles. The standard InChI is InChI=1S/C19H15NO6S/c21-13(11-5-6-14-15(7-11)26-10-25-14)9-24-18(22)8-17-19(23)20-12-3-1-2-4-16(12)27-17/h1-7,17H,8-10H2,(H,20,23)/t17-/m1/s1. The average Bonchev–Trinajstić information content (AvgIpc) is 3.14. The van der Waals surface area contributed by atoms with Crippen LogP contribution < -0.4 is 14.8 Å². The predicted octanol–water partition coefficient (Wildman–Crippen LogP) is 2.64. The Hall–Kier alpha value is -3.00. The first kappa shape index (κ1) is 17.4. The van der Waals surface area contributed by atoms with Crippen LogP contribution in [0.5, 0.6) is 11.5 Å². The summed E-state index contributed by atoms with van der Waals surface area (Å²) in [4.78, 5) is 37.3. The van der Waals surface area contributed by atoms with Crippen LogP contribution in [-0.4, -0.2) is 36.3 Å². The number of Topliss-reactive ketones (excluding diaryl/α,β-unsaturated/α-hetero) is 1. The highest BCUT2D eigenvalue weighted by Gasteiger charge is 2.29. The highest BCUT2D eigenvalue weighted by molar-refractivity contribution is 8.01. The normalized spacial score (nSPS) is 17.0. The van der Waals surface area contributed by atoms with Gasteiger partial charge >= 0.3 is 5.97 Å². The molecule has 0 fully saturated rings. The number of ketones is 1. The predicted molar refractivity (Wildman–Crippen MR) is 97.2 cm³/mol. The molecule has 0 radical (unpaired) electrons. The highest BCUT2D eigenvalue weighted by Crippen LogP contribution is 2.36. The molecular weight excluding hydrogens is 370 g/mol. The zero-order valence-corrected chi connectivity index (χ0v) is 14.9. The number of amides is 1. The first-order valence-electron chi connectivity index (χ1n) is 8.25. The molecule has 4 rings (SSSR count). The van der Waals surface area contributed by atoms with Gasteiger partial charge in [-0.05, 0) is 30.3 Å². The molecule has 0 spiro atoms. The molecule has 2 heterocycles. The van der Waals surface area contributed by atoms with Crippen LogP contribution in [0, 0.1) is 0 Å². The van der Waals surface area contributed by atoms with Gasteiger partial charge in [-0.3, -0.25) is 14.4 Å². The number of fused-ring (bicyclic) bond motifs is 2. The van der Waals surface area contributed by atoms with Gasteiger partial charge in [-0.2, -0.15) is 0 Å². The van der Waals surface area contributed by atoms with E-state index in [-0.39, 0.29) is 24.9 Å². The molecule has 7 nitrogen and oxygen atoms in total. The summed E-state index contributed by atoms with van der Waals surface area (Å²) in [6, 6.07) is 12.2. The van der Waals surface area contributed by atoms with Crippen molar-refractivity contribution in [3.63, 3.8) is 0 Å². The molecule has 0 unspecified atom stereocenters. The zero-order chi connectivity index (χ0) is 18.8. The Morgan fingerprint density at radius 3 is 2.85 bits per heavy atom. The van der Waals surface area contributed by atoms with E-state index in [2.05, 4.69) is 5.32 Å². The minimum atomic E-state index is -0.601. The monoisotopic (exact) mass is 385 g/mol. The Morgan fingerprint density at radius 1 is 1.15 bits per heavy atom. The average molecular weight is 385 g/mol. The lowest BCUT2D eigenvalue weighted by Gasteiger charge is -2.23. The van der Waals surface area contributed by atoms with Crippen molar-refractivity contribution in [3.8, 4) is 11.5 Å². The van der Waals surface area contributed by atoms with E-state index in [4.69, 9.17) is 14.2 Å². The van der Waals surface area contributed by atoms with Crippen LogP contribution in [0.4, 0.5) is 5.69 Å². The van der Waals surface area contributed by atoms with Gasteiger partial charge in [0, 0.05) is 10.5 Å². The number of thioether (sulfide) groups is 1. The molecule has 1 N–H and O–H groups in total. The molecule has 2 aromatic rings. The van der Waals surface area contributed by atoms with Gasteiger partial charge in [0.2, 0.25) is 12.7 Å². The van der Waals surface area contributed by atoms with Crippen LogP contribution in [-0.2, 0) is 14.3 Å². The maximum Gasteiger partial charge on any atom is 0.307 e. The molecule has 2 aliphatic heterocycles. The Kier molecular flexibility index (Phi) is 4.72. The summed E-state index contributed by atoms with van der Waals surface area (Å²) in [5.74, 6) is -0.146. The SMILES string of the molecule is O=C(C[C@H]1Sc2ccccc2NC1=O)OCC(=O)c1ccc2c(c1)OCO2. The second kappa shape index (κ2) is 7.32. The van der Waals surface area contributed by atoms with Gasteiger partial charge in [0.1, 0.15) is 0 Å². The minimum absolute atomic E-state index is 0.112. The first-order chi connectivity index (χ1) is 13.1. The number of benzene rings is 2. The lowest BCUT2D eigenvalue weighted by Crippen LogP contribution is -2.31. The summed E-state index contributed by atoms with van der Waals surface area (Å²) >= 11 is 1.31. The number of hydrogen-bond acceptors (Lipinski definition) is 7. The Bertz CT molecular complexity index is 928. The quantitative estimate of drug-likeness (QED) is 0.625. The number of nitrogens with one attached hydrogen (secondary N) is 1. The van der Waals surface area contributed by atoms with Gasteiger partial charge in [-0.15, -0.1) is 11.8 Å². The number of anilines is 1. The van der Waals surface area contributed by atoms with Crippen LogP contribution in [0.1, 0.15) is 16.8 Å². The van der Waals surface area contributed by atoms with Gasteiger partial charge in [-0.1, -0.05) is 12.1 Å². The summed E-state index contributed by atoms with van der Waals surface area (Å²) in [6.45, 7) is -0.277. The van der Waals surface area contributed by atoms with E-state index in [0.29, 0.717) is 17.1 Å². The van der Waals surface area contributed by atoms with E-state index in [1.165, 1.54) is 11.8 Å². The van der Waals surface area contributed by atoms with Crippen molar-refractivity contribution in [1.82, 2.24) is 0 Å². The fourth-order valence-corrected chi connectivity index (χ4v) is 3.83. The van der Waals surface area contributed by atoms with Crippen molar-refractivity contribution >= 4 is 35.1 Å². The van der Waals surface area contributed by atoms with Crippen molar-refractivity contribution in [2.75, 3.05) is 18.7 Å². The Balaban J connectivity index is 1.32. The second-order valence-electron chi connectivity index (χ2n) is 5.95. The third kappa shape index (κ3) is 3.75. The van der Waals surface area contributed by atoms with Crippen LogP contribution >= 0.6 is 11.8 Å². The van der Waals surface area contributed by atoms with Crippen molar-refractivity contribution < 1.29 is 28.6 Å². The van der Waals surface area contributed by atoms with E-state index in [1.807, 2.05) is 18.2 Å². The Labute approximate surface area is 159 Å². The van der Waals surface area contributed by atoms with Crippen molar-refractivity contribution in [2.24, 2.45) is 0 Å². The van der Waals surface area contributed by atoms with E-state index in [0.717, 1.165) is 10.6 Å². The lowest BCUT2D eigenvalue weighted by molar-refractivity contribution is -0.143. The fourth-order valence-electron chi connectivity index (χ4n) is 2.74. The van der Waals surface area contributed by atoms with Crippen molar-refractivity contribution in [3.05, 3.63) is 48.0 Å². The van der Waals surface area contributed by atoms with Crippen LogP contribution in [0.15, 0.2) is 47.4 Å². The number of carbonyl (C=O) groups is 3. The molecule has 0 aromatic heterocycles. The minimum Gasteiger partial charge on any atom is -0.457 e. The third-order valence-corrected chi connectivity index (χ3v) is 5.39. The van der Waals surface area contributed by atoms with Crippen molar-refractivity contribution in [2.45, 2.75) is 16.6 Å². The summed E-state index contributed by atoms with van der Waals surface area (Å²) < 4.78 is 15.5. The summed E-state index contributed by atoms with van der Waals surface area (Å²) in [6.07, 6.45) is -0.112. The molecule has 27 heavy (non-hydrogen) atoms. The topological polar surface area (TPSA) is 90.9 Å². The van der Waals surface area contributed by atoms with Gasteiger partial charge in [0.25, 0.3) is 0 Å². The molecular formula is C19H15NO6S. The number of hydrogen-bond donors (Lipinski definition) is 1. The second-order valence-corrected chi connectivity index (χ2v) is 7.19. The lowest BCUT2D eigenvalue weighted by atomic mass is 10.1. The summed E-state index contributed by atoms with van der Waals surface area (Å²) in [7, 11) is 0. The van der Waals surface area contributed by atoms with Crippen LogP contribution in [0.3, 0.4) is 0 Å². The van der Waals surface area contributed by atoms with Crippen molar-refractivity contribution in [1.29, 1.82) is 0 Å². The van der Waals surface area contributed by atoms with Gasteiger partial charge < -0.3 is 19.5 Å². The van der Waals surface area contributed by atoms with E-state index in [1.54, 1.807) is 24.3 Å². The van der Waals surface area contributed by atoms with E-state index >= 15 is 0 Å². The smallest absolute Gasteiger partial charge is 0.307 e. The molecule has 0 saturated heterocycles.